The summed E-state index contributed by atoms with van der Waals surface area (Å²) < 4.78 is 12.8. The summed E-state index contributed by atoms with van der Waals surface area (Å²) in [7, 11) is 0. The van der Waals surface area contributed by atoms with Crippen LogP contribution < -0.4 is 10.6 Å². The van der Waals surface area contributed by atoms with Crippen LogP contribution in [0.5, 0.6) is 0 Å². The molecule has 1 amide bonds. The normalized spacial score (nSPS) is 10.4. The third kappa shape index (κ3) is 5.91. The molecule has 0 aliphatic carbocycles. The zero-order chi connectivity index (χ0) is 16.7. The van der Waals surface area contributed by atoms with E-state index in [2.05, 4.69) is 10.6 Å². The molecule has 5 heteroatoms. The van der Waals surface area contributed by atoms with E-state index in [1.54, 1.807) is 12.1 Å². The van der Waals surface area contributed by atoms with Crippen molar-refractivity contribution >= 4 is 23.2 Å². The maximum atomic E-state index is 12.8. The predicted molar refractivity (Wildman–Crippen MR) is 92.4 cm³/mol. The van der Waals surface area contributed by atoms with Gasteiger partial charge in [-0.05, 0) is 48.7 Å². The van der Waals surface area contributed by atoms with Crippen LogP contribution in [0.2, 0.25) is 5.02 Å². The van der Waals surface area contributed by atoms with E-state index in [4.69, 9.17) is 11.6 Å². The molecule has 122 valence electrons. The second-order valence-corrected chi connectivity index (χ2v) is 5.80. The highest BCUT2D eigenvalue weighted by Crippen LogP contribution is 2.19. The Kier molecular flexibility index (Phi) is 6.41. The topological polar surface area (TPSA) is 41.1 Å². The lowest BCUT2D eigenvalue weighted by atomic mass is 10.1. The van der Waals surface area contributed by atoms with Gasteiger partial charge in [0.05, 0.1) is 0 Å². The average molecular weight is 335 g/mol. The molecule has 0 aromatic heterocycles. The van der Waals surface area contributed by atoms with Crippen LogP contribution in [-0.4, -0.2) is 19.0 Å². The predicted octanol–water partition coefficient (Wildman–Crippen LogP) is 3.95. The fourth-order valence-electron chi connectivity index (χ4n) is 2.18. The summed E-state index contributed by atoms with van der Waals surface area (Å²) >= 11 is 5.95. The molecule has 0 saturated carbocycles. The van der Waals surface area contributed by atoms with Gasteiger partial charge in [-0.2, -0.15) is 0 Å². The lowest BCUT2D eigenvalue weighted by molar-refractivity contribution is -0.120. The number of hydrogen-bond donors (Lipinski definition) is 2. The number of rotatable bonds is 7. The largest absolute Gasteiger partial charge is 0.384 e. The molecule has 23 heavy (non-hydrogen) atoms. The minimum Gasteiger partial charge on any atom is -0.384 e. The first-order valence-corrected chi connectivity index (χ1v) is 7.93. The van der Waals surface area contributed by atoms with Gasteiger partial charge in [0.2, 0.25) is 5.91 Å². The van der Waals surface area contributed by atoms with Crippen LogP contribution in [0.3, 0.4) is 0 Å². The number of hydrogen-bond acceptors (Lipinski definition) is 2. The first-order chi connectivity index (χ1) is 11.0. The summed E-state index contributed by atoms with van der Waals surface area (Å²) in [6, 6.07) is 11.9. The number of aryl methyl sites for hydroxylation is 1. The van der Waals surface area contributed by atoms with E-state index in [9.17, 15) is 9.18 Å². The van der Waals surface area contributed by atoms with Gasteiger partial charge in [0.15, 0.2) is 0 Å². The van der Waals surface area contributed by atoms with E-state index < -0.39 is 0 Å². The summed E-state index contributed by atoms with van der Waals surface area (Å²) in [6.07, 6.45) is 1.07. The van der Waals surface area contributed by atoms with Crippen molar-refractivity contribution in [2.75, 3.05) is 18.4 Å². The summed E-state index contributed by atoms with van der Waals surface area (Å²) in [6.45, 7) is 3.08. The zero-order valence-electron chi connectivity index (χ0n) is 13.0. The third-order valence-electron chi connectivity index (χ3n) is 3.52. The number of benzene rings is 2. The van der Waals surface area contributed by atoms with Crippen molar-refractivity contribution in [1.29, 1.82) is 0 Å². The SMILES string of the molecule is Cc1ccc(Cl)cc1NCCC(=O)NCCc1ccc(F)cc1. The molecular formula is C18H20ClFN2O. The first-order valence-electron chi connectivity index (χ1n) is 7.56. The Morgan fingerprint density at radius 3 is 2.61 bits per heavy atom. The highest BCUT2D eigenvalue weighted by molar-refractivity contribution is 6.30. The molecule has 2 rings (SSSR count). The molecule has 0 atom stereocenters. The number of carbonyl (C=O) groups is 1. The van der Waals surface area contributed by atoms with Crippen molar-refractivity contribution in [1.82, 2.24) is 5.32 Å². The number of nitrogens with one attached hydrogen (secondary N) is 2. The quantitative estimate of drug-likeness (QED) is 0.805. The number of halogens is 2. The summed E-state index contributed by atoms with van der Waals surface area (Å²) in [5.74, 6) is -0.264. The van der Waals surface area contributed by atoms with Gasteiger partial charge in [-0.1, -0.05) is 29.8 Å². The highest BCUT2D eigenvalue weighted by Gasteiger charge is 2.03. The van der Waals surface area contributed by atoms with Gasteiger partial charge in [-0.25, -0.2) is 4.39 Å². The van der Waals surface area contributed by atoms with Crippen LogP contribution in [0.25, 0.3) is 0 Å². The van der Waals surface area contributed by atoms with Crippen LogP contribution in [0.1, 0.15) is 17.5 Å². The van der Waals surface area contributed by atoms with E-state index in [1.807, 2.05) is 25.1 Å². The fourth-order valence-corrected chi connectivity index (χ4v) is 2.35. The lowest BCUT2D eigenvalue weighted by Gasteiger charge is -2.10. The van der Waals surface area contributed by atoms with Crippen LogP contribution in [0, 0.1) is 12.7 Å². The highest BCUT2D eigenvalue weighted by atomic mass is 35.5. The minimum atomic E-state index is -0.250. The van der Waals surface area contributed by atoms with Crippen molar-refractivity contribution in [3.05, 3.63) is 64.4 Å². The van der Waals surface area contributed by atoms with Gasteiger partial charge in [-0.3, -0.25) is 4.79 Å². The van der Waals surface area contributed by atoms with E-state index in [-0.39, 0.29) is 11.7 Å². The van der Waals surface area contributed by atoms with Crippen molar-refractivity contribution < 1.29 is 9.18 Å². The molecule has 0 aliphatic rings. The lowest BCUT2D eigenvalue weighted by Crippen LogP contribution is -2.27. The standard InChI is InChI=1S/C18H20ClFN2O/c1-13-2-5-15(19)12-17(13)21-11-9-18(23)22-10-8-14-3-6-16(20)7-4-14/h2-7,12,21H,8-11H2,1H3,(H,22,23). The second kappa shape index (κ2) is 8.53. The average Bonchev–Trinajstić information content (AvgIpc) is 2.53. The molecule has 0 saturated heterocycles. The van der Waals surface area contributed by atoms with Crippen molar-refractivity contribution in [2.24, 2.45) is 0 Å². The molecule has 3 nitrogen and oxygen atoms in total. The molecule has 2 aromatic rings. The molecule has 0 spiro atoms. The second-order valence-electron chi connectivity index (χ2n) is 5.36. The maximum absolute atomic E-state index is 12.8. The van der Waals surface area contributed by atoms with Crippen molar-refractivity contribution in [3.63, 3.8) is 0 Å². The fraction of sp³-hybridized carbons (Fsp3) is 0.278. The van der Waals surface area contributed by atoms with Gasteiger partial charge in [0, 0.05) is 30.2 Å². The van der Waals surface area contributed by atoms with Crippen LogP contribution in [0.4, 0.5) is 10.1 Å². The Morgan fingerprint density at radius 2 is 1.87 bits per heavy atom. The van der Waals surface area contributed by atoms with Gasteiger partial charge in [-0.15, -0.1) is 0 Å². The maximum Gasteiger partial charge on any atom is 0.221 e. The Hall–Kier alpha value is -2.07. The third-order valence-corrected chi connectivity index (χ3v) is 3.75. The molecule has 0 fully saturated rings. The smallest absolute Gasteiger partial charge is 0.221 e. The molecule has 0 radical (unpaired) electrons. The van der Waals surface area contributed by atoms with Crippen LogP contribution in [0.15, 0.2) is 42.5 Å². The number of amides is 1. The minimum absolute atomic E-state index is 0.0145. The monoisotopic (exact) mass is 334 g/mol. The molecule has 0 bridgehead atoms. The van der Waals surface area contributed by atoms with Gasteiger partial charge in [0.1, 0.15) is 5.82 Å². The van der Waals surface area contributed by atoms with E-state index in [1.165, 1.54) is 12.1 Å². The molecule has 0 unspecified atom stereocenters. The molecule has 0 heterocycles. The summed E-state index contributed by atoms with van der Waals surface area (Å²) in [5, 5.41) is 6.74. The molecular weight excluding hydrogens is 315 g/mol. The van der Waals surface area contributed by atoms with Gasteiger partial charge in [0.25, 0.3) is 0 Å². The molecule has 2 N–H and O–H groups in total. The van der Waals surface area contributed by atoms with Gasteiger partial charge >= 0.3 is 0 Å². The van der Waals surface area contributed by atoms with E-state index in [0.29, 0.717) is 31.0 Å². The Bertz CT molecular complexity index is 659. The van der Waals surface area contributed by atoms with Crippen molar-refractivity contribution in [2.45, 2.75) is 19.8 Å². The number of carbonyl (C=O) groups excluding carboxylic acids is 1. The van der Waals surface area contributed by atoms with E-state index >= 15 is 0 Å². The summed E-state index contributed by atoms with van der Waals surface area (Å²) in [5.41, 5.74) is 3.03. The van der Waals surface area contributed by atoms with Crippen LogP contribution >= 0.6 is 11.6 Å². The zero-order valence-corrected chi connectivity index (χ0v) is 13.8. The molecule has 0 aliphatic heterocycles. The summed E-state index contributed by atoms with van der Waals surface area (Å²) in [4.78, 5) is 11.8. The Labute approximate surface area is 140 Å². The van der Waals surface area contributed by atoms with E-state index in [0.717, 1.165) is 16.8 Å². The van der Waals surface area contributed by atoms with Gasteiger partial charge < -0.3 is 10.6 Å². The first kappa shape index (κ1) is 17.3. The number of anilines is 1. The Morgan fingerprint density at radius 1 is 1.13 bits per heavy atom. The van der Waals surface area contributed by atoms with Crippen molar-refractivity contribution in [3.8, 4) is 0 Å². The Balaban J connectivity index is 1.67. The molecule has 2 aromatic carbocycles. The van der Waals surface area contributed by atoms with Crippen LogP contribution in [-0.2, 0) is 11.2 Å².